The fraction of sp³-hybridized carbons (Fsp3) is 0.0816. The molecule has 0 atom stereocenters. The summed E-state index contributed by atoms with van der Waals surface area (Å²) < 4.78 is 0. The van der Waals surface area contributed by atoms with Gasteiger partial charge in [0.2, 0.25) is 0 Å². The standard InChI is InChI=1S/C38H30N2.C11H8N.Ir/c1-2-12-33(13-3-1)38-26-21-30(28-40-38)20-23-32-11-5-7-15-36(32)35-14-6-4-10-31(35)22-17-29-18-24-34(25-19-29)37-16-8-9-27-39-37;1-2-6-10(7-3-1)11-8-4-5-9-12-11;/h1-12,14-16,18-19,21,24,26-28H,17,20,22-23H2;1-6,8-9H;/q-2;-1;+3. The summed E-state index contributed by atoms with van der Waals surface area (Å²) in [5.41, 5.74) is 13.9. The molecule has 0 fully saturated rings. The molecular formula is C49H38IrN3. The summed E-state index contributed by atoms with van der Waals surface area (Å²) in [5, 5.41) is 0. The maximum atomic E-state index is 4.69. The molecule has 8 rings (SSSR count). The largest absolute Gasteiger partial charge is 3.00 e. The maximum Gasteiger partial charge on any atom is 3.00 e. The van der Waals surface area contributed by atoms with Crippen LogP contribution >= 0.6 is 0 Å². The summed E-state index contributed by atoms with van der Waals surface area (Å²) in [4.78, 5) is 13.4. The smallest absolute Gasteiger partial charge is 0.305 e. The molecule has 3 nitrogen and oxygen atoms in total. The van der Waals surface area contributed by atoms with E-state index in [0.29, 0.717) is 0 Å². The van der Waals surface area contributed by atoms with Crippen LogP contribution in [0.5, 0.6) is 0 Å². The topological polar surface area (TPSA) is 38.7 Å². The second kappa shape index (κ2) is 19.2. The Morgan fingerprint density at radius 1 is 0.377 bits per heavy atom. The Hall–Kier alpha value is -5.80. The number of rotatable bonds is 10. The Bertz CT molecular complexity index is 2090. The maximum absolute atomic E-state index is 4.69. The van der Waals surface area contributed by atoms with E-state index >= 15 is 0 Å². The first-order chi connectivity index (χ1) is 25.8. The molecule has 258 valence electrons. The zero-order valence-electron chi connectivity index (χ0n) is 29.3. The Kier molecular flexibility index (Phi) is 13.4. The van der Waals surface area contributed by atoms with Gasteiger partial charge in [0.05, 0.1) is 0 Å². The summed E-state index contributed by atoms with van der Waals surface area (Å²) in [6.07, 6.45) is 9.47. The number of pyridine rings is 3. The molecule has 53 heavy (non-hydrogen) atoms. The third-order valence-corrected chi connectivity index (χ3v) is 8.97. The van der Waals surface area contributed by atoms with Gasteiger partial charge in [-0.1, -0.05) is 91.3 Å². The summed E-state index contributed by atoms with van der Waals surface area (Å²) in [7, 11) is 0. The quantitative estimate of drug-likeness (QED) is 0.129. The minimum atomic E-state index is 0. The number of hydrogen-bond donors (Lipinski definition) is 0. The van der Waals surface area contributed by atoms with Crippen molar-refractivity contribution in [1.29, 1.82) is 0 Å². The van der Waals surface area contributed by atoms with Crippen molar-refractivity contribution in [1.82, 2.24) is 15.0 Å². The minimum absolute atomic E-state index is 0. The molecule has 3 heterocycles. The van der Waals surface area contributed by atoms with Crippen molar-refractivity contribution in [2.24, 2.45) is 0 Å². The van der Waals surface area contributed by atoms with Crippen molar-refractivity contribution in [2.45, 2.75) is 25.7 Å². The summed E-state index contributed by atoms with van der Waals surface area (Å²) in [5.74, 6) is 0. The fourth-order valence-electron chi connectivity index (χ4n) is 6.21. The van der Waals surface area contributed by atoms with Crippen molar-refractivity contribution in [3.63, 3.8) is 0 Å². The summed E-state index contributed by atoms with van der Waals surface area (Å²) in [6, 6.07) is 65.8. The van der Waals surface area contributed by atoms with E-state index in [1.807, 2.05) is 97.3 Å². The van der Waals surface area contributed by atoms with Crippen LogP contribution in [0, 0.1) is 18.2 Å². The average Bonchev–Trinajstić information content (AvgIpc) is 3.24. The fourth-order valence-corrected chi connectivity index (χ4v) is 6.21. The van der Waals surface area contributed by atoms with E-state index in [4.69, 9.17) is 4.98 Å². The van der Waals surface area contributed by atoms with Crippen LogP contribution in [0.15, 0.2) is 182 Å². The van der Waals surface area contributed by atoms with Crippen LogP contribution in [0.4, 0.5) is 0 Å². The van der Waals surface area contributed by atoms with Gasteiger partial charge in [-0.3, -0.25) is 0 Å². The third-order valence-electron chi connectivity index (χ3n) is 8.97. The Morgan fingerprint density at radius 3 is 1.34 bits per heavy atom. The summed E-state index contributed by atoms with van der Waals surface area (Å²) >= 11 is 0. The van der Waals surface area contributed by atoms with Crippen molar-refractivity contribution >= 4 is 0 Å². The molecule has 0 saturated carbocycles. The molecule has 0 saturated heterocycles. The SMILES string of the molecule is [Ir+3].[c-]1cc(CCc2ccccc2-c2ccccc2CCc2ccc(-c3[c-]cccc3)nc2)ccc1-c1ccccn1.[c-]1ccccc1-c1ccccn1. The molecule has 3 aromatic heterocycles. The normalized spacial score (nSPS) is 10.4. The molecule has 4 heteroatoms. The molecule has 0 amide bonds. The van der Waals surface area contributed by atoms with Gasteiger partial charge in [-0.15, -0.1) is 107 Å². The predicted molar refractivity (Wildman–Crippen MR) is 212 cm³/mol. The van der Waals surface area contributed by atoms with E-state index in [-0.39, 0.29) is 20.1 Å². The van der Waals surface area contributed by atoms with Gasteiger partial charge in [0.25, 0.3) is 0 Å². The molecule has 0 radical (unpaired) electrons. The second-order valence-corrected chi connectivity index (χ2v) is 12.5. The van der Waals surface area contributed by atoms with Crippen molar-refractivity contribution < 1.29 is 20.1 Å². The second-order valence-electron chi connectivity index (χ2n) is 12.5. The van der Waals surface area contributed by atoms with E-state index in [9.17, 15) is 0 Å². The minimum Gasteiger partial charge on any atom is -0.305 e. The first kappa shape index (κ1) is 37.0. The third kappa shape index (κ3) is 10.2. The molecule has 8 aromatic rings. The number of aromatic nitrogens is 3. The van der Waals surface area contributed by atoms with Gasteiger partial charge in [0, 0.05) is 18.6 Å². The van der Waals surface area contributed by atoms with Crippen molar-refractivity contribution in [3.05, 3.63) is 223 Å². The molecule has 0 aliphatic rings. The van der Waals surface area contributed by atoms with E-state index in [0.717, 1.165) is 59.5 Å². The van der Waals surface area contributed by atoms with Crippen LogP contribution in [0.2, 0.25) is 0 Å². The Morgan fingerprint density at radius 2 is 0.868 bits per heavy atom. The zero-order chi connectivity index (χ0) is 35.2. The van der Waals surface area contributed by atoms with Gasteiger partial charge in [-0.05, 0) is 76.3 Å². The van der Waals surface area contributed by atoms with Crippen LogP contribution in [-0.2, 0) is 45.8 Å². The van der Waals surface area contributed by atoms with Gasteiger partial charge in [-0.2, -0.15) is 0 Å². The number of aryl methyl sites for hydroxylation is 4. The van der Waals surface area contributed by atoms with Gasteiger partial charge >= 0.3 is 20.1 Å². The molecule has 0 N–H and O–H groups in total. The molecule has 5 aromatic carbocycles. The predicted octanol–water partition coefficient (Wildman–Crippen LogP) is 11.2. The van der Waals surface area contributed by atoms with Gasteiger partial charge in [0.15, 0.2) is 0 Å². The summed E-state index contributed by atoms with van der Waals surface area (Å²) in [6.45, 7) is 0. The number of hydrogen-bond acceptors (Lipinski definition) is 3. The van der Waals surface area contributed by atoms with E-state index in [1.54, 1.807) is 6.20 Å². The van der Waals surface area contributed by atoms with Gasteiger partial charge in [0.1, 0.15) is 0 Å². The first-order valence-corrected chi connectivity index (χ1v) is 17.7. The number of benzene rings is 5. The van der Waals surface area contributed by atoms with Crippen LogP contribution in [0.3, 0.4) is 0 Å². The van der Waals surface area contributed by atoms with Crippen molar-refractivity contribution in [3.8, 4) is 44.9 Å². The monoisotopic (exact) mass is 861 g/mol. The van der Waals surface area contributed by atoms with Gasteiger partial charge < -0.3 is 15.0 Å². The van der Waals surface area contributed by atoms with E-state index in [1.165, 1.54) is 33.4 Å². The Labute approximate surface area is 326 Å². The van der Waals surface area contributed by atoms with Crippen LogP contribution < -0.4 is 0 Å². The molecule has 0 aliphatic heterocycles. The first-order valence-electron chi connectivity index (χ1n) is 17.7. The van der Waals surface area contributed by atoms with Crippen molar-refractivity contribution in [2.75, 3.05) is 0 Å². The molecule has 0 spiro atoms. The molecule has 0 bridgehead atoms. The Balaban J connectivity index is 0.000000313. The molecule has 0 aliphatic carbocycles. The van der Waals surface area contributed by atoms with E-state index in [2.05, 4.69) is 107 Å². The van der Waals surface area contributed by atoms with Gasteiger partial charge in [-0.25, -0.2) is 0 Å². The molecular weight excluding hydrogens is 823 g/mol. The van der Waals surface area contributed by atoms with Crippen LogP contribution in [0.25, 0.3) is 44.9 Å². The zero-order valence-corrected chi connectivity index (χ0v) is 31.7. The van der Waals surface area contributed by atoms with Crippen LogP contribution in [-0.4, -0.2) is 15.0 Å². The average molecular weight is 861 g/mol. The van der Waals surface area contributed by atoms with Crippen LogP contribution in [0.1, 0.15) is 22.3 Å². The number of nitrogens with zero attached hydrogens (tertiary/aromatic N) is 3. The van der Waals surface area contributed by atoms with E-state index < -0.39 is 0 Å². The molecule has 0 unspecified atom stereocenters.